The van der Waals surface area contributed by atoms with Crippen LogP contribution in [0.3, 0.4) is 0 Å². The Balaban J connectivity index is 1.76. The molecule has 6 nitrogen and oxygen atoms in total. The highest BCUT2D eigenvalue weighted by Crippen LogP contribution is 2.30. The molecule has 1 aliphatic rings. The van der Waals surface area contributed by atoms with Gasteiger partial charge in [-0.3, -0.25) is 15.1 Å². The molecule has 1 aliphatic carbocycles. The smallest absolute Gasteiger partial charge is 0.249 e. The van der Waals surface area contributed by atoms with Gasteiger partial charge in [-0.25, -0.2) is 8.91 Å². The van der Waals surface area contributed by atoms with E-state index in [-0.39, 0.29) is 17.8 Å². The quantitative estimate of drug-likeness (QED) is 0.805. The number of anilines is 1. The second-order valence-corrected chi connectivity index (χ2v) is 5.27. The summed E-state index contributed by atoms with van der Waals surface area (Å²) in [7, 11) is 0. The van der Waals surface area contributed by atoms with Gasteiger partial charge in [-0.2, -0.15) is 4.98 Å². The summed E-state index contributed by atoms with van der Waals surface area (Å²) in [4.78, 5) is 19.9. The minimum atomic E-state index is -0.420. The van der Waals surface area contributed by atoms with Crippen molar-refractivity contribution in [3.8, 4) is 11.3 Å². The van der Waals surface area contributed by atoms with Crippen molar-refractivity contribution in [2.24, 2.45) is 5.92 Å². The van der Waals surface area contributed by atoms with E-state index in [1.54, 1.807) is 28.9 Å². The van der Waals surface area contributed by atoms with E-state index >= 15 is 0 Å². The fourth-order valence-electron chi connectivity index (χ4n) is 2.29. The predicted molar refractivity (Wildman–Crippen MR) is 77.5 cm³/mol. The molecule has 0 unspecified atom stereocenters. The van der Waals surface area contributed by atoms with Gasteiger partial charge in [0.2, 0.25) is 11.9 Å². The third-order valence-electron chi connectivity index (χ3n) is 3.54. The van der Waals surface area contributed by atoms with Crippen molar-refractivity contribution in [3.05, 3.63) is 42.5 Å². The second-order valence-electron chi connectivity index (χ2n) is 5.27. The Kier molecular flexibility index (Phi) is 2.85. The SMILES string of the molecule is O=C(Nc1nc2cccc(-c3cncc(F)c3)n2n1)C1CC1. The van der Waals surface area contributed by atoms with Crippen molar-refractivity contribution in [1.82, 2.24) is 19.6 Å². The molecular formula is C15H12FN5O. The number of amides is 1. The van der Waals surface area contributed by atoms with Gasteiger partial charge in [0, 0.05) is 17.7 Å². The number of halogens is 1. The number of carbonyl (C=O) groups is 1. The number of nitrogens with one attached hydrogen (secondary N) is 1. The lowest BCUT2D eigenvalue weighted by Crippen LogP contribution is -2.14. The van der Waals surface area contributed by atoms with Crippen LogP contribution < -0.4 is 5.32 Å². The first-order valence-electron chi connectivity index (χ1n) is 6.98. The fourth-order valence-corrected chi connectivity index (χ4v) is 2.29. The first-order chi connectivity index (χ1) is 10.7. The van der Waals surface area contributed by atoms with Gasteiger partial charge in [0.1, 0.15) is 5.82 Å². The van der Waals surface area contributed by atoms with E-state index in [1.165, 1.54) is 6.07 Å². The number of carbonyl (C=O) groups excluding carboxylic acids is 1. The van der Waals surface area contributed by atoms with Crippen LogP contribution in [0.25, 0.3) is 16.9 Å². The molecule has 1 saturated carbocycles. The zero-order valence-electron chi connectivity index (χ0n) is 11.5. The maximum Gasteiger partial charge on any atom is 0.249 e. The lowest BCUT2D eigenvalue weighted by atomic mass is 10.2. The van der Waals surface area contributed by atoms with E-state index in [1.807, 2.05) is 0 Å². The molecule has 1 N–H and O–H groups in total. The summed E-state index contributed by atoms with van der Waals surface area (Å²) >= 11 is 0. The van der Waals surface area contributed by atoms with Crippen LogP contribution in [0.5, 0.6) is 0 Å². The minimum Gasteiger partial charge on any atom is -0.293 e. The molecule has 110 valence electrons. The van der Waals surface area contributed by atoms with Crippen molar-refractivity contribution in [2.75, 3.05) is 5.32 Å². The number of fused-ring (bicyclic) bond motifs is 1. The summed E-state index contributed by atoms with van der Waals surface area (Å²) in [6, 6.07) is 6.75. The summed E-state index contributed by atoms with van der Waals surface area (Å²) in [6.45, 7) is 0. The zero-order chi connectivity index (χ0) is 15.1. The summed E-state index contributed by atoms with van der Waals surface area (Å²) in [5, 5.41) is 7.00. The molecule has 0 atom stereocenters. The maximum atomic E-state index is 13.4. The predicted octanol–water partition coefficient (Wildman–Crippen LogP) is 2.28. The van der Waals surface area contributed by atoms with E-state index in [0.29, 0.717) is 16.9 Å². The lowest BCUT2D eigenvalue weighted by Gasteiger charge is -2.03. The Morgan fingerprint density at radius 3 is 2.95 bits per heavy atom. The van der Waals surface area contributed by atoms with Gasteiger partial charge in [0.05, 0.1) is 11.9 Å². The van der Waals surface area contributed by atoms with E-state index in [9.17, 15) is 9.18 Å². The summed E-state index contributed by atoms with van der Waals surface area (Å²) < 4.78 is 14.9. The van der Waals surface area contributed by atoms with Crippen molar-refractivity contribution < 1.29 is 9.18 Å². The van der Waals surface area contributed by atoms with Crippen LogP contribution in [0.1, 0.15) is 12.8 Å². The Labute approximate surface area is 125 Å². The molecule has 1 fully saturated rings. The number of hydrogen-bond acceptors (Lipinski definition) is 4. The van der Waals surface area contributed by atoms with Crippen molar-refractivity contribution in [3.63, 3.8) is 0 Å². The van der Waals surface area contributed by atoms with E-state index in [4.69, 9.17) is 0 Å². The highest BCUT2D eigenvalue weighted by atomic mass is 19.1. The van der Waals surface area contributed by atoms with Crippen LogP contribution in [-0.4, -0.2) is 25.5 Å². The van der Waals surface area contributed by atoms with Gasteiger partial charge in [0.25, 0.3) is 0 Å². The van der Waals surface area contributed by atoms with Crippen LogP contribution in [0.4, 0.5) is 10.3 Å². The molecule has 0 radical (unpaired) electrons. The first-order valence-corrected chi connectivity index (χ1v) is 6.98. The average molecular weight is 297 g/mol. The largest absolute Gasteiger partial charge is 0.293 e. The molecule has 0 aliphatic heterocycles. The highest BCUT2D eigenvalue weighted by Gasteiger charge is 2.30. The van der Waals surface area contributed by atoms with E-state index in [2.05, 4.69) is 20.4 Å². The first kappa shape index (κ1) is 12.9. The fraction of sp³-hybridized carbons (Fsp3) is 0.200. The van der Waals surface area contributed by atoms with Gasteiger partial charge in [-0.1, -0.05) is 6.07 Å². The number of rotatable bonds is 3. The normalized spacial score (nSPS) is 14.2. The third kappa shape index (κ3) is 2.30. The highest BCUT2D eigenvalue weighted by molar-refractivity contribution is 5.92. The summed E-state index contributed by atoms with van der Waals surface area (Å²) in [5.41, 5.74) is 1.83. The summed E-state index contributed by atoms with van der Waals surface area (Å²) in [5.74, 6) is -0.131. The molecule has 3 heterocycles. The van der Waals surface area contributed by atoms with Crippen LogP contribution in [0.15, 0.2) is 36.7 Å². The van der Waals surface area contributed by atoms with Gasteiger partial charge in [-0.05, 0) is 31.0 Å². The molecule has 3 aromatic heterocycles. The van der Waals surface area contributed by atoms with Crippen LogP contribution in [-0.2, 0) is 4.79 Å². The van der Waals surface area contributed by atoms with Gasteiger partial charge >= 0.3 is 0 Å². The van der Waals surface area contributed by atoms with Crippen molar-refractivity contribution in [1.29, 1.82) is 0 Å². The molecule has 3 aromatic rings. The molecule has 1 amide bonds. The van der Waals surface area contributed by atoms with E-state index in [0.717, 1.165) is 19.0 Å². The van der Waals surface area contributed by atoms with Gasteiger partial charge in [0.15, 0.2) is 5.65 Å². The third-order valence-corrected chi connectivity index (χ3v) is 3.54. The minimum absolute atomic E-state index is 0.0510. The Bertz CT molecular complexity index is 871. The monoisotopic (exact) mass is 297 g/mol. The molecule has 0 spiro atoms. The lowest BCUT2D eigenvalue weighted by molar-refractivity contribution is -0.117. The molecule has 0 bridgehead atoms. The number of hydrogen-bond donors (Lipinski definition) is 1. The standard InChI is InChI=1S/C15H12FN5O/c16-11-6-10(7-17-8-11)12-2-1-3-13-18-15(20-21(12)13)19-14(22)9-4-5-9/h1-3,6-9H,4-5H2,(H,19,20,22). The molecular weight excluding hydrogens is 285 g/mol. The van der Waals surface area contributed by atoms with Crippen molar-refractivity contribution in [2.45, 2.75) is 12.8 Å². The molecule has 0 aromatic carbocycles. The van der Waals surface area contributed by atoms with E-state index < -0.39 is 5.82 Å². The topological polar surface area (TPSA) is 72.2 Å². The van der Waals surface area contributed by atoms with Crippen LogP contribution in [0.2, 0.25) is 0 Å². The Hall–Kier alpha value is -2.83. The Morgan fingerprint density at radius 2 is 2.18 bits per heavy atom. The number of pyridine rings is 2. The van der Waals surface area contributed by atoms with Crippen molar-refractivity contribution >= 4 is 17.5 Å². The summed E-state index contributed by atoms with van der Waals surface area (Å²) in [6.07, 6.45) is 4.53. The second kappa shape index (κ2) is 4.87. The van der Waals surface area contributed by atoms with Gasteiger partial charge < -0.3 is 0 Å². The average Bonchev–Trinajstić information content (AvgIpc) is 3.27. The van der Waals surface area contributed by atoms with Crippen LogP contribution in [0, 0.1) is 11.7 Å². The molecule has 22 heavy (non-hydrogen) atoms. The van der Waals surface area contributed by atoms with Gasteiger partial charge in [-0.15, -0.1) is 5.10 Å². The zero-order valence-corrected chi connectivity index (χ0v) is 11.5. The Morgan fingerprint density at radius 1 is 1.32 bits per heavy atom. The molecule has 0 saturated heterocycles. The maximum absolute atomic E-state index is 13.4. The molecule has 4 rings (SSSR count). The molecule has 7 heteroatoms. The number of aromatic nitrogens is 4. The van der Waals surface area contributed by atoms with Crippen LogP contribution >= 0.6 is 0 Å². The number of nitrogens with zero attached hydrogens (tertiary/aromatic N) is 4.